The lowest BCUT2D eigenvalue weighted by Crippen LogP contribution is -2.13. The van der Waals surface area contributed by atoms with Crippen molar-refractivity contribution in [1.29, 1.82) is 5.26 Å². The van der Waals surface area contributed by atoms with Crippen molar-refractivity contribution in [1.82, 2.24) is 4.57 Å². The molecule has 2 aromatic rings. The SMILES string of the molecule is CCc1cc(C)n(Cc2ccccc2C#N)c1C(=O)O. The molecule has 0 aliphatic carbocycles. The Morgan fingerprint density at radius 3 is 2.65 bits per heavy atom. The van der Waals surface area contributed by atoms with E-state index in [1.165, 1.54) is 0 Å². The maximum absolute atomic E-state index is 11.5. The number of nitriles is 1. The van der Waals surface area contributed by atoms with Crippen LogP contribution >= 0.6 is 0 Å². The van der Waals surface area contributed by atoms with Crippen molar-refractivity contribution >= 4 is 5.97 Å². The van der Waals surface area contributed by atoms with E-state index in [1.807, 2.05) is 32.0 Å². The summed E-state index contributed by atoms with van der Waals surface area (Å²) in [5.74, 6) is -0.926. The van der Waals surface area contributed by atoms with Gasteiger partial charge in [-0.2, -0.15) is 5.26 Å². The fraction of sp³-hybridized carbons (Fsp3) is 0.250. The highest BCUT2D eigenvalue weighted by atomic mass is 16.4. The number of hydrogen-bond donors (Lipinski definition) is 1. The van der Waals surface area contributed by atoms with Crippen LogP contribution in [0.4, 0.5) is 0 Å². The first kappa shape index (κ1) is 13.9. The quantitative estimate of drug-likeness (QED) is 0.927. The second-order valence-corrected chi connectivity index (χ2v) is 4.67. The molecule has 102 valence electrons. The van der Waals surface area contributed by atoms with Gasteiger partial charge in [0.1, 0.15) is 5.69 Å². The minimum absolute atomic E-state index is 0.317. The molecule has 2 rings (SSSR count). The Bertz CT molecular complexity index is 693. The fourth-order valence-electron chi connectivity index (χ4n) is 2.41. The Morgan fingerprint density at radius 1 is 1.35 bits per heavy atom. The maximum Gasteiger partial charge on any atom is 0.352 e. The number of carbonyl (C=O) groups is 1. The van der Waals surface area contributed by atoms with Gasteiger partial charge in [-0.3, -0.25) is 0 Å². The lowest BCUT2D eigenvalue weighted by Gasteiger charge is -2.11. The molecule has 0 amide bonds. The molecule has 0 radical (unpaired) electrons. The van der Waals surface area contributed by atoms with E-state index >= 15 is 0 Å². The third-order valence-electron chi connectivity index (χ3n) is 3.43. The summed E-state index contributed by atoms with van der Waals surface area (Å²) >= 11 is 0. The van der Waals surface area contributed by atoms with E-state index in [4.69, 9.17) is 5.26 Å². The van der Waals surface area contributed by atoms with Crippen LogP contribution in [-0.2, 0) is 13.0 Å². The number of carboxylic acid groups (broad SMARTS) is 1. The van der Waals surface area contributed by atoms with Gasteiger partial charge >= 0.3 is 5.97 Å². The van der Waals surface area contributed by atoms with E-state index < -0.39 is 5.97 Å². The number of nitrogens with zero attached hydrogens (tertiary/aromatic N) is 2. The summed E-state index contributed by atoms with van der Waals surface area (Å²) < 4.78 is 1.76. The Labute approximate surface area is 117 Å². The van der Waals surface area contributed by atoms with Crippen LogP contribution in [0.1, 0.15) is 39.8 Å². The van der Waals surface area contributed by atoms with Gasteiger partial charge in [-0.1, -0.05) is 25.1 Å². The van der Waals surface area contributed by atoms with Gasteiger partial charge in [-0.25, -0.2) is 4.79 Å². The largest absolute Gasteiger partial charge is 0.477 e. The van der Waals surface area contributed by atoms with Gasteiger partial charge < -0.3 is 9.67 Å². The Morgan fingerprint density at radius 2 is 2.05 bits per heavy atom. The molecule has 0 bridgehead atoms. The number of benzene rings is 1. The zero-order valence-electron chi connectivity index (χ0n) is 11.6. The lowest BCUT2D eigenvalue weighted by atomic mass is 10.1. The van der Waals surface area contributed by atoms with E-state index in [1.54, 1.807) is 16.7 Å². The van der Waals surface area contributed by atoms with Crippen LogP contribution in [0, 0.1) is 18.3 Å². The van der Waals surface area contributed by atoms with Gasteiger partial charge in [-0.15, -0.1) is 0 Å². The van der Waals surface area contributed by atoms with Crippen molar-refractivity contribution in [2.24, 2.45) is 0 Å². The molecule has 0 aliphatic heterocycles. The van der Waals surface area contributed by atoms with Crippen LogP contribution in [0.3, 0.4) is 0 Å². The highest BCUT2D eigenvalue weighted by Crippen LogP contribution is 2.20. The summed E-state index contributed by atoms with van der Waals surface area (Å²) in [6.45, 7) is 4.23. The highest BCUT2D eigenvalue weighted by Gasteiger charge is 2.18. The smallest absolute Gasteiger partial charge is 0.352 e. The normalized spacial score (nSPS) is 10.2. The molecule has 0 saturated heterocycles. The third-order valence-corrected chi connectivity index (χ3v) is 3.43. The molecule has 20 heavy (non-hydrogen) atoms. The molecule has 0 atom stereocenters. The van der Waals surface area contributed by atoms with Crippen LogP contribution < -0.4 is 0 Å². The van der Waals surface area contributed by atoms with Gasteiger partial charge in [0, 0.05) is 12.2 Å². The van der Waals surface area contributed by atoms with Gasteiger partial charge in [0.15, 0.2) is 0 Å². The molecule has 1 aromatic heterocycles. The van der Waals surface area contributed by atoms with Crippen molar-refractivity contribution in [3.63, 3.8) is 0 Å². The summed E-state index contributed by atoms with van der Waals surface area (Å²) in [5, 5.41) is 18.5. The van der Waals surface area contributed by atoms with Gasteiger partial charge in [-0.05, 0) is 36.6 Å². The molecule has 4 nitrogen and oxygen atoms in total. The van der Waals surface area contributed by atoms with Gasteiger partial charge in [0.2, 0.25) is 0 Å². The van der Waals surface area contributed by atoms with Gasteiger partial charge in [0.05, 0.1) is 11.6 Å². The predicted molar refractivity (Wildman–Crippen MR) is 75.8 cm³/mol. The van der Waals surface area contributed by atoms with Gasteiger partial charge in [0.25, 0.3) is 0 Å². The Hall–Kier alpha value is -2.54. The molecule has 0 spiro atoms. The number of rotatable bonds is 4. The van der Waals surface area contributed by atoms with Crippen LogP contribution in [0.15, 0.2) is 30.3 Å². The fourth-order valence-corrected chi connectivity index (χ4v) is 2.41. The van der Waals surface area contributed by atoms with Crippen molar-refractivity contribution < 1.29 is 9.90 Å². The highest BCUT2D eigenvalue weighted by molar-refractivity contribution is 5.88. The predicted octanol–water partition coefficient (Wildman–Crippen LogP) is 2.98. The summed E-state index contributed by atoms with van der Waals surface area (Å²) in [4.78, 5) is 11.5. The Balaban J connectivity index is 2.51. The summed E-state index contributed by atoms with van der Waals surface area (Å²) in [7, 11) is 0. The van der Waals surface area contributed by atoms with E-state index in [0.717, 1.165) is 16.8 Å². The average Bonchev–Trinajstić information content (AvgIpc) is 2.76. The first-order chi connectivity index (χ1) is 9.58. The van der Waals surface area contributed by atoms with Crippen molar-refractivity contribution in [2.75, 3.05) is 0 Å². The van der Waals surface area contributed by atoms with E-state index in [9.17, 15) is 9.90 Å². The Kier molecular flexibility index (Phi) is 3.90. The molecule has 0 aliphatic rings. The first-order valence-electron chi connectivity index (χ1n) is 6.48. The minimum Gasteiger partial charge on any atom is -0.477 e. The van der Waals surface area contributed by atoms with E-state index in [2.05, 4.69) is 6.07 Å². The number of aryl methyl sites for hydroxylation is 2. The van der Waals surface area contributed by atoms with E-state index in [-0.39, 0.29) is 0 Å². The molecule has 1 heterocycles. The molecular formula is C16H16N2O2. The molecule has 1 aromatic carbocycles. The summed E-state index contributed by atoms with van der Waals surface area (Å²) in [6.07, 6.45) is 0.676. The lowest BCUT2D eigenvalue weighted by molar-refractivity contribution is 0.0684. The molecule has 1 N–H and O–H groups in total. The number of carboxylic acids is 1. The average molecular weight is 268 g/mol. The van der Waals surface area contributed by atoms with Crippen LogP contribution in [-0.4, -0.2) is 15.6 Å². The second-order valence-electron chi connectivity index (χ2n) is 4.67. The van der Waals surface area contributed by atoms with Crippen LogP contribution in [0.25, 0.3) is 0 Å². The monoisotopic (exact) mass is 268 g/mol. The molecule has 0 fully saturated rings. The third kappa shape index (κ3) is 2.43. The maximum atomic E-state index is 11.5. The van der Waals surface area contributed by atoms with Crippen molar-refractivity contribution in [3.05, 3.63) is 58.4 Å². The summed E-state index contributed by atoms with van der Waals surface area (Å²) in [6, 6.07) is 11.3. The molecule has 4 heteroatoms. The van der Waals surface area contributed by atoms with E-state index in [0.29, 0.717) is 24.2 Å². The standard InChI is InChI=1S/C16H16N2O2/c1-3-12-8-11(2)18(15(12)16(19)20)10-14-7-5-4-6-13(14)9-17/h4-8H,3,10H2,1-2H3,(H,19,20). The minimum atomic E-state index is -0.926. The molecular weight excluding hydrogens is 252 g/mol. The van der Waals surface area contributed by atoms with Crippen LogP contribution in [0.5, 0.6) is 0 Å². The van der Waals surface area contributed by atoms with Crippen molar-refractivity contribution in [2.45, 2.75) is 26.8 Å². The second kappa shape index (κ2) is 5.62. The number of aromatic nitrogens is 1. The number of hydrogen-bond acceptors (Lipinski definition) is 2. The zero-order chi connectivity index (χ0) is 14.7. The zero-order valence-corrected chi connectivity index (χ0v) is 11.6. The first-order valence-corrected chi connectivity index (χ1v) is 6.48. The number of aromatic carboxylic acids is 1. The summed E-state index contributed by atoms with van der Waals surface area (Å²) in [5.41, 5.74) is 3.45. The molecule has 0 unspecified atom stereocenters. The molecule has 0 saturated carbocycles. The van der Waals surface area contributed by atoms with Crippen LogP contribution in [0.2, 0.25) is 0 Å². The topological polar surface area (TPSA) is 66.0 Å². The van der Waals surface area contributed by atoms with Crippen molar-refractivity contribution in [3.8, 4) is 6.07 Å².